The minimum Gasteiger partial charge on any atom is -0.493 e. The molecule has 0 saturated heterocycles. The molecule has 30 heavy (non-hydrogen) atoms. The van der Waals surface area contributed by atoms with Gasteiger partial charge in [0.2, 0.25) is 0 Å². The second-order valence-corrected chi connectivity index (χ2v) is 7.03. The molecule has 0 spiro atoms. The molecule has 1 aliphatic rings. The summed E-state index contributed by atoms with van der Waals surface area (Å²) in [5.41, 5.74) is 3.71. The number of carbonyl (C=O) groups excluding carboxylic acids is 1. The molecule has 0 radical (unpaired) electrons. The molecule has 1 atom stereocenters. The van der Waals surface area contributed by atoms with E-state index in [1.165, 1.54) is 25.4 Å². The molecule has 6 heteroatoms. The summed E-state index contributed by atoms with van der Waals surface area (Å²) in [7, 11) is 1.34. The number of carbonyl (C=O) groups is 1. The Hall–Kier alpha value is -3.54. The lowest BCUT2D eigenvalue weighted by molar-refractivity contribution is 0.0601. The zero-order valence-corrected chi connectivity index (χ0v) is 16.5. The maximum atomic E-state index is 13.6. The SMILES string of the molecule is COC(=O)c1ccncc1N=CCC1CCOc2cc(-c3cccc(F)c3)ccc21. The van der Waals surface area contributed by atoms with Gasteiger partial charge in [-0.25, -0.2) is 9.18 Å². The fourth-order valence-corrected chi connectivity index (χ4v) is 3.61. The number of ether oxygens (including phenoxy) is 2. The summed E-state index contributed by atoms with van der Waals surface area (Å²) in [6, 6.07) is 14.1. The molecule has 2 heterocycles. The van der Waals surface area contributed by atoms with Gasteiger partial charge in [-0.05, 0) is 59.7 Å². The number of halogens is 1. The minimum atomic E-state index is -0.439. The van der Waals surface area contributed by atoms with Crippen molar-refractivity contribution < 1.29 is 18.7 Å². The van der Waals surface area contributed by atoms with E-state index in [0.717, 1.165) is 28.9 Å². The number of aromatic nitrogens is 1. The maximum Gasteiger partial charge on any atom is 0.340 e. The molecule has 152 valence electrons. The molecule has 4 rings (SSSR count). The smallest absolute Gasteiger partial charge is 0.340 e. The average molecular weight is 404 g/mol. The van der Waals surface area contributed by atoms with Crippen molar-refractivity contribution in [2.24, 2.45) is 4.99 Å². The van der Waals surface area contributed by atoms with Crippen LogP contribution in [0, 0.1) is 5.82 Å². The first-order chi connectivity index (χ1) is 14.7. The number of aliphatic imine (C=N–C) groups is 1. The van der Waals surface area contributed by atoms with Gasteiger partial charge in [-0.15, -0.1) is 0 Å². The predicted octanol–water partition coefficient (Wildman–Crippen LogP) is 5.33. The van der Waals surface area contributed by atoms with Crippen molar-refractivity contribution in [3.63, 3.8) is 0 Å². The number of benzene rings is 2. The Balaban J connectivity index is 1.53. The van der Waals surface area contributed by atoms with Gasteiger partial charge in [-0.1, -0.05) is 24.3 Å². The van der Waals surface area contributed by atoms with Gasteiger partial charge in [-0.3, -0.25) is 9.98 Å². The summed E-state index contributed by atoms with van der Waals surface area (Å²) >= 11 is 0. The van der Waals surface area contributed by atoms with Crippen molar-refractivity contribution in [1.29, 1.82) is 0 Å². The first-order valence-electron chi connectivity index (χ1n) is 9.73. The van der Waals surface area contributed by atoms with Gasteiger partial charge >= 0.3 is 5.97 Å². The third kappa shape index (κ3) is 4.22. The van der Waals surface area contributed by atoms with Crippen molar-refractivity contribution in [1.82, 2.24) is 4.98 Å². The average Bonchev–Trinajstić information content (AvgIpc) is 2.78. The van der Waals surface area contributed by atoms with Crippen LogP contribution in [0.15, 0.2) is 65.9 Å². The lowest BCUT2D eigenvalue weighted by atomic mass is 9.89. The van der Waals surface area contributed by atoms with Crippen LogP contribution < -0.4 is 4.74 Å². The van der Waals surface area contributed by atoms with Gasteiger partial charge in [0, 0.05) is 12.4 Å². The molecule has 0 aliphatic carbocycles. The van der Waals surface area contributed by atoms with Crippen LogP contribution in [0.2, 0.25) is 0 Å². The standard InChI is InChI=1S/C24H21FN2O3/c1-29-24(28)21-8-10-26-15-22(21)27-11-7-16-9-12-30-23-14-18(5-6-20(16)23)17-3-2-4-19(25)13-17/h2-6,8,10-11,13-16H,7,9,12H2,1H3. The maximum absolute atomic E-state index is 13.6. The molecule has 0 fully saturated rings. The molecule has 3 aromatic rings. The fourth-order valence-electron chi connectivity index (χ4n) is 3.61. The Kier molecular flexibility index (Phi) is 5.84. The van der Waals surface area contributed by atoms with Gasteiger partial charge in [0.1, 0.15) is 11.6 Å². The Bertz CT molecular complexity index is 1100. The van der Waals surface area contributed by atoms with E-state index in [-0.39, 0.29) is 11.7 Å². The van der Waals surface area contributed by atoms with Crippen LogP contribution in [0.5, 0.6) is 5.75 Å². The third-order valence-corrected chi connectivity index (χ3v) is 5.16. The van der Waals surface area contributed by atoms with Crippen molar-refractivity contribution in [2.75, 3.05) is 13.7 Å². The highest BCUT2D eigenvalue weighted by molar-refractivity contribution is 5.95. The zero-order chi connectivity index (χ0) is 20.9. The van der Waals surface area contributed by atoms with Crippen LogP contribution in [0.3, 0.4) is 0 Å². The summed E-state index contributed by atoms with van der Waals surface area (Å²) in [4.78, 5) is 20.4. The van der Waals surface area contributed by atoms with E-state index in [4.69, 9.17) is 9.47 Å². The molecule has 0 saturated carbocycles. The second-order valence-electron chi connectivity index (χ2n) is 7.03. The highest BCUT2D eigenvalue weighted by atomic mass is 19.1. The molecule has 0 bridgehead atoms. The Morgan fingerprint density at radius 1 is 1.27 bits per heavy atom. The van der Waals surface area contributed by atoms with Gasteiger partial charge in [0.15, 0.2) is 0 Å². The normalized spacial score (nSPS) is 15.5. The molecule has 0 N–H and O–H groups in total. The summed E-state index contributed by atoms with van der Waals surface area (Å²) in [5, 5.41) is 0. The Morgan fingerprint density at radius 3 is 2.97 bits per heavy atom. The monoisotopic (exact) mass is 404 g/mol. The van der Waals surface area contributed by atoms with Crippen molar-refractivity contribution in [2.45, 2.75) is 18.8 Å². The van der Waals surface area contributed by atoms with Crippen LogP contribution >= 0.6 is 0 Å². The number of rotatable bonds is 5. The van der Waals surface area contributed by atoms with Crippen LogP contribution in [0.1, 0.15) is 34.7 Å². The topological polar surface area (TPSA) is 60.8 Å². The minimum absolute atomic E-state index is 0.248. The summed E-state index contributed by atoms with van der Waals surface area (Å²) in [6.07, 6.45) is 6.46. The zero-order valence-electron chi connectivity index (χ0n) is 16.5. The van der Waals surface area contributed by atoms with E-state index in [0.29, 0.717) is 24.3 Å². The summed E-state index contributed by atoms with van der Waals surface area (Å²) in [5.74, 6) is 0.364. The van der Waals surface area contributed by atoms with Gasteiger partial charge in [-0.2, -0.15) is 0 Å². The first-order valence-corrected chi connectivity index (χ1v) is 9.73. The van der Waals surface area contributed by atoms with Crippen LogP contribution in [0.4, 0.5) is 10.1 Å². The van der Waals surface area contributed by atoms with Crippen molar-refractivity contribution >= 4 is 17.9 Å². The second kappa shape index (κ2) is 8.86. The summed E-state index contributed by atoms with van der Waals surface area (Å²) < 4.78 is 24.2. The van der Waals surface area contributed by atoms with Crippen molar-refractivity contribution in [3.8, 4) is 16.9 Å². The van der Waals surface area contributed by atoms with Crippen LogP contribution in [0.25, 0.3) is 11.1 Å². The largest absolute Gasteiger partial charge is 0.493 e. The van der Waals surface area contributed by atoms with Gasteiger partial charge in [0.25, 0.3) is 0 Å². The Labute approximate surface area is 174 Å². The molecular weight excluding hydrogens is 383 g/mol. The lowest BCUT2D eigenvalue weighted by Gasteiger charge is -2.25. The summed E-state index contributed by atoms with van der Waals surface area (Å²) in [6.45, 7) is 0.610. The van der Waals surface area contributed by atoms with Gasteiger partial charge < -0.3 is 9.47 Å². The quantitative estimate of drug-likeness (QED) is 0.426. The van der Waals surface area contributed by atoms with E-state index < -0.39 is 5.97 Å². The van der Waals surface area contributed by atoms with E-state index in [9.17, 15) is 9.18 Å². The molecule has 2 aromatic carbocycles. The number of esters is 1. The number of methoxy groups -OCH3 is 1. The molecule has 1 aliphatic heterocycles. The van der Waals surface area contributed by atoms with Crippen molar-refractivity contribution in [3.05, 3.63) is 77.9 Å². The van der Waals surface area contributed by atoms with E-state index in [2.05, 4.69) is 9.98 Å². The molecule has 1 unspecified atom stereocenters. The van der Waals surface area contributed by atoms with E-state index in [1.54, 1.807) is 18.3 Å². The molecule has 5 nitrogen and oxygen atoms in total. The lowest BCUT2D eigenvalue weighted by Crippen LogP contribution is -2.14. The fraction of sp³-hybridized carbons (Fsp3) is 0.208. The van der Waals surface area contributed by atoms with E-state index in [1.807, 2.05) is 30.5 Å². The number of pyridine rings is 1. The molecular formula is C24H21FN2O3. The van der Waals surface area contributed by atoms with Crippen LogP contribution in [-0.4, -0.2) is 30.9 Å². The van der Waals surface area contributed by atoms with E-state index >= 15 is 0 Å². The number of nitrogens with zero attached hydrogens (tertiary/aromatic N) is 2. The Morgan fingerprint density at radius 2 is 2.13 bits per heavy atom. The third-order valence-electron chi connectivity index (χ3n) is 5.16. The first kappa shape index (κ1) is 19.8. The number of fused-ring (bicyclic) bond motifs is 1. The van der Waals surface area contributed by atoms with Crippen LogP contribution in [-0.2, 0) is 4.74 Å². The molecule has 1 aromatic heterocycles. The highest BCUT2D eigenvalue weighted by Gasteiger charge is 2.21. The molecule has 0 amide bonds. The highest BCUT2D eigenvalue weighted by Crippen LogP contribution is 2.38. The predicted molar refractivity (Wildman–Crippen MR) is 113 cm³/mol. The number of hydrogen-bond donors (Lipinski definition) is 0. The number of hydrogen-bond acceptors (Lipinski definition) is 5. The van der Waals surface area contributed by atoms with Gasteiger partial charge in [0.05, 0.1) is 31.2 Å².